The molecule has 0 aromatic carbocycles. The Morgan fingerprint density at radius 2 is 1.50 bits per heavy atom. The van der Waals surface area contributed by atoms with Crippen molar-refractivity contribution in [3.05, 3.63) is 0 Å². The van der Waals surface area contributed by atoms with Gasteiger partial charge in [-0.15, -0.1) is 0 Å². The van der Waals surface area contributed by atoms with E-state index in [9.17, 15) is 0 Å². The molecule has 2 bridgehead atoms. The van der Waals surface area contributed by atoms with Crippen molar-refractivity contribution in [1.82, 2.24) is 0 Å². The molecule has 1 nitrogen and oxygen atoms in total. The van der Waals surface area contributed by atoms with Crippen LogP contribution in [0.5, 0.6) is 0 Å². The van der Waals surface area contributed by atoms with E-state index in [0.29, 0.717) is 0 Å². The molecule has 0 unspecified atom stereocenters. The first-order valence-electron chi connectivity index (χ1n) is 5.88. The van der Waals surface area contributed by atoms with E-state index in [0.717, 1.165) is 17.4 Å². The Morgan fingerprint density at radius 1 is 1.00 bits per heavy atom. The van der Waals surface area contributed by atoms with Gasteiger partial charge in [0.2, 0.25) is 0 Å². The Morgan fingerprint density at radius 3 is 1.93 bits per heavy atom. The summed E-state index contributed by atoms with van der Waals surface area (Å²) < 4.78 is 0. The fourth-order valence-electron chi connectivity index (χ4n) is 3.30. The van der Waals surface area contributed by atoms with Gasteiger partial charge in [-0.05, 0) is 68.7 Å². The predicted octanol–water partition coefficient (Wildman–Crippen LogP) is 3.72. The minimum atomic E-state index is 0. The molecule has 0 saturated heterocycles. The topological polar surface area (TPSA) is 26.0 Å². The average Bonchev–Trinajstić information content (AvgIpc) is 2.18. The fraction of sp³-hybridized carbons (Fsp3) is 1.00. The summed E-state index contributed by atoms with van der Waals surface area (Å²) in [7, 11) is 0. The lowest BCUT2D eigenvalue weighted by molar-refractivity contribution is -0.00331. The summed E-state index contributed by atoms with van der Waals surface area (Å²) in [5.41, 5.74) is 7.06. The van der Waals surface area contributed by atoms with Crippen LogP contribution in [-0.4, -0.2) is 6.54 Å². The van der Waals surface area contributed by atoms with Crippen molar-refractivity contribution in [2.75, 3.05) is 6.54 Å². The van der Waals surface area contributed by atoms with Crippen LogP contribution in [0.25, 0.3) is 0 Å². The van der Waals surface area contributed by atoms with Crippen molar-refractivity contribution < 1.29 is 0 Å². The molecule has 3 saturated carbocycles. The van der Waals surface area contributed by atoms with Gasteiger partial charge in [0, 0.05) is 0 Å². The molecule has 0 aromatic rings. The van der Waals surface area contributed by atoms with E-state index in [1.54, 1.807) is 0 Å². The Labute approximate surface area is 89.5 Å². The summed E-state index contributed by atoms with van der Waals surface area (Å²) in [6.07, 6.45) is 11.6. The third-order valence-electron chi connectivity index (χ3n) is 4.69. The average molecular weight is 197 g/mol. The van der Waals surface area contributed by atoms with Crippen molar-refractivity contribution in [3.63, 3.8) is 0 Å². The lowest BCUT2D eigenvalue weighted by atomic mass is 9.53. The number of hydrogen-bond acceptors (Lipinski definition) is 1. The van der Waals surface area contributed by atoms with Gasteiger partial charge < -0.3 is 5.73 Å². The highest BCUT2D eigenvalue weighted by Gasteiger charge is 2.45. The fourth-order valence-corrected chi connectivity index (χ4v) is 3.30. The van der Waals surface area contributed by atoms with E-state index in [2.05, 4.69) is 6.92 Å². The summed E-state index contributed by atoms with van der Waals surface area (Å²) in [6, 6.07) is 0. The molecule has 0 aromatic heterocycles. The predicted molar refractivity (Wildman–Crippen MR) is 63.3 cm³/mol. The summed E-state index contributed by atoms with van der Waals surface area (Å²) in [4.78, 5) is 0. The first kappa shape index (κ1) is 12.0. The van der Waals surface area contributed by atoms with Crippen LogP contribution in [-0.2, 0) is 0 Å². The quantitative estimate of drug-likeness (QED) is 0.733. The Balaban J connectivity index is 0.000000980. The Kier molecular flexibility index (Phi) is 3.63. The van der Waals surface area contributed by atoms with Gasteiger partial charge in [-0.2, -0.15) is 0 Å². The maximum absolute atomic E-state index is 5.60. The zero-order valence-corrected chi connectivity index (χ0v) is 8.94. The van der Waals surface area contributed by atoms with E-state index >= 15 is 0 Å². The molecule has 3 fully saturated rings. The third-order valence-corrected chi connectivity index (χ3v) is 4.69. The normalized spacial score (nSPS) is 40.7. The van der Waals surface area contributed by atoms with Gasteiger partial charge in [-0.1, -0.05) is 14.4 Å². The molecular formula is C13H27N. The van der Waals surface area contributed by atoms with Crippen molar-refractivity contribution >= 4 is 0 Å². The summed E-state index contributed by atoms with van der Waals surface area (Å²) in [6.45, 7) is 3.37. The largest absolute Gasteiger partial charge is 0.330 e. The molecule has 0 amide bonds. The molecule has 1 heteroatoms. The van der Waals surface area contributed by atoms with Gasteiger partial charge in [0.25, 0.3) is 0 Å². The van der Waals surface area contributed by atoms with Crippen LogP contribution in [0.1, 0.15) is 65.7 Å². The summed E-state index contributed by atoms with van der Waals surface area (Å²) in [5, 5.41) is 0. The van der Waals surface area contributed by atoms with E-state index < -0.39 is 0 Å². The van der Waals surface area contributed by atoms with Crippen LogP contribution in [0.3, 0.4) is 0 Å². The van der Waals surface area contributed by atoms with E-state index in [4.69, 9.17) is 5.73 Å². The second kappa shape index (κ2) is 4.22. The molecule has 3 rings (SSSR count). The van der Waals surface area contributed by atoms with Crippen molar-refractivity contribution in [2.24, 2.45) is 16.6 Å². The van der Waals surface area contributed by atoms with Gasteiger partial charge in [0.1, 0.15) is 0 Å². The SMILES string of the molecule is C.CC12CCC(CCCN)(CC1)CC2. The maximum Gasteiger partial charge on any atom is -0.00771 e. The van der Waals surface area contributed by atoms with Gasteiger partial charge >= 0.3 is 0 Å². The summed E-state index contributed by atoms with van der Waals surface area (Å²) >= 11 is 0. The lowest BCUT2D eigenvalue weighted by Crippen LogP contribution is -2.39. The van der Waals surface area contributed by atoms with Crippen LogP contribution in [0, 0.1) is 10.8 Å². The highest BCUT2D eigenvalue weighted by atomic mass is 14.5. The zero-order valence-electron chi connectivity index (χ0n) is 8.94. The molecule has 0 heterocycles. The zero-order chi connectivity index (χ0) is 9.36. The maximum atomic E-state index is 5.60. The lowest BCUT2D eigenvalue weighted by Gasteiger charge is -2.52. The second-order valence-corrected chi connectivity index (χ2v) is 5.70. The summed E-state index contributed by atoms with van der Waals surface area (Å²) in [5.74, 6) is 0. The first-order valence-corrected chi connectivity index (χ1v) is 5.88. The van der Waals surface area contributed by atoms with Crippen LogP contribution < -0.4 is 5.73 Å². The van der Waals surface area contributed by atoms with Crippen molar-refractivity contribution in [3.8, 4) is 0 Å². The standard InChI is InChI=1S/C12H23N.CH4/c1-11-4-7-12(8-5-11,9-6-11)3-2-10-13;/h2-10,13H2,1H3;1H4. The molecule has 0 radical (unpaired) electrons. The molecule has 3 aliphatic rings. The smallest absolute Gasteiger partial charge is 0.00771 e. The van der Waals surface area contributed by atoms with Crippen LogP contribution in [0.4, 0.5) is 0 Å². The molecule has 0 spiro atoms. The first-order chi connectivity index (χ1) is 6.18. The van der Waals surface area contributed by atoms with E-state index in [-0.39, 0.29) is 7.43 Å². The molecule has 2 N–H and O–H groups in total. The van der Waals surface area contributed by atoms with Gasteiger partial charge in [-0.25, -0.2) is 0 Å². The monoisotopic (exact) mass is 197 g/mol. The van der Waals surface area contributed by atoms with E-state index in [1.165, 1.54) is 51.4 Å². The van der Waals surface area contributed by atoms with Gasteiger partial charge in [0.15, 0.2) is 0 Å². The minimum absolute atomic E-state index is 0. The number of nitrogens with two attached hydrogens (primary N) is 1. The van der Waals surface area contributed by atoms with Crippen LogP contribution in [0.2, 0.25) is 0 Å². The van der Waals surface area contributed by atoms with Gasteiger partial charge in [-0.3, -0.25) is 0 Å². The molecular weight excluding hydrogens is 170 g/mol. The Hall–Kier alpha value is -0.0400. The molecule has 14 heavy (non-hydrogen) atoms. The third kappa shape index (κ3) is 2.13. The number of rotatable bonds is 3. The molecule has 0 atom stereocenters. The second-order valence-electron chi connectivity index (χ2n) is 5.70. The minimum Gasteiger partial charge on any atom is -0.330 e. The van der Waals surface area contributed by atoms with Crippen molar-refractivity contribution in [1.29, 1.82) is 0 Å². The molecule has 84 valence electrons. The number of hydrogen-bond donors (Lipinski definition) is 1. The highest BCUT2D eigenvalue weighted by molar-refractivity contribution is 4.97. The van der Waals surface area contributed by atoms with Crippen molar-refractivity contribution in [2.45, 2.75) is 65.7 Å². The Bertz CT molecular complexity index is 155. The van der Waals surface area contributed by atoms with Crippen LogP contribution >= 0.6 is 0 Å². The van der Waals surface area contributed by atoms with Crippen LogP contribution in [0.15, 0.2) is 0 Å². The van der Waals surface area contributed by atoms with Gasteiger partial charge in [0.05, 0.1) is 0 Å². The van der Waals surface area contributed by atoms with E-state index in [1.807, 2.05) is 0 Å². The molecule has 3 aliphatic carbocycles. The highest BCUT2D eigenvalue weighted by Crippen LogP contribution is 2.58. The number of fused-ring (bicyclic) bond motifs is 3. The molecule has 0 aliphatic heterocycles.